The van der Waals surface area contributed by atoms with Crippen molar-refractivity contribution in [3.8, 4) is 0 Å². The topological polar surface area (TPSA) is 224 Å². The molecule has 0 unspecified atom stereocenters. The van der Waals surface area contributed by atoms with Crippen LogP contribution in [0, 0.1) is 20.8 Å². The summed E-state index contributed by atoms with van der Waals surface area (Å²) in [7, 11) is 0. The summed E-state index contributed by atoms with van der Waals surface area (Å²) in [5, 5.41) is 26.1. The number of carboxylic acid groups (broad SMARTS) is 2. The van der Waals surface area contributed by atoms with Gasteiger partial charge in [-0.3, -0.25) is 5.10 Å². The van der Waals surface area contributed by atoms with E-state index in [1.807, 2.05) is 0 Å². The molecule has 15 nitrogen and oxygen atoms in total. The number of alkyl halides is 7. The maximum absolute atomic E-state index is 12.2. The average molecular weight is 711 g/mol. The smallest absolute Gasteiger partial charge is 0.870 e. The fraction of sp³-hybridized carbons (Fsp3) is 0.435. The normalized spacial score (nSPS) is 9.83. The van der Waals surface area contributed by atoms with Crippen LogP contribution in [0.25, 0.3) is 0 Å². The number of aryl methyl sites for hydroxylation is 3. The van der Waals surface area contributed by atoms with Crippen LogP contribution in [0.2, 0.25) is 0 Å². The minimum absolute atomic E-state index is 0. The molecule has 0 atom stereocenters. The molecular formula is C23H27ClF6LiN6NaO9. The van der Waals surface area contributed by atoms with Crippen LogP contribution < -0.4 is 53.5 Å². The van der Waals surface area contributed by atoms with Crippen LogP contribution in [-0.2, 0) is 14.3 Å². The summed E-state index contributed by atoms with van der Waals surface area (Å²) >= 11 is 3.87. The molecule has 47 heavy (non-hydrogen) atoms. The van der Waals surface area contributed by atoms with E-state index in [0.29, 0.717) is 27.2 Å². The molecular weight excluding hydrogens is 684 g/mol. The summed E-state index contributed by atoms with van der Waals surface area (Å²) in [6.07, 6.45) is 3.69. The number of aromatic carboxylic acids is 1. The van der Waals surface area contributed by atoms with E-state index in [9.17, 15) is 40.7 Å². The number of hydrogen-bond acceptors (Lipinski definition) is 11. The number of rotatable bonds is 8. The molecule has 0 aromatic carbocycles. The number of aliphatic carboxylic acids is 1. The van der Waals surface area contributed by atoms with Gasteiger partial charge in [0, 0.05) is 29.1 Å². The van der Waals surface area contributed by atoms with Gasteiger partial charge < -0.3 is 30.0 Å². The van der Waals surface area contributed by atoms with Crippen molar-refractivity contribution >= 4 is 35.5 Å². The quantitative estimate of drug-likeness (QED) is 0.106. The summed E-state index contributed by atoms with van der Waals surface area (Å²) < 4.78 is 80.2. The van der Waals surface area contributed by atoms with E-state index in [1.165, 1.54) is 13.8 Å². The first kappa shape index (κ1) is 50.8. The Hall–Kier alpha value is -3.06. The molecule has 0 aliphatic carbocycles. The summed E-state index contributed by atoms with van der Waals surface area (Å²) in [4.78, 5) is 41.6. The second-order valence-electron chi connectivity index (χ2n) is 7.80. The molecule has 0 aliphatic rings. The maximum atomic E-state index is 12.2. The molecule has 0 aliphatic heterocycles. The summed E-state index contributed by atoms with van der Waals surface area (Å²) in [6, 6.07) is 0. The van der Waals surface area contributed by atoms with Gasteiger partial charge in [0.05, 0.1) is 19.4 Å². The van der Waals surface area contributed by atoms with Crippen LogP contribution in [0.4, 0.5) is 26.3 Å². The van der Waals surface area contributed by atoms with E-state index in [0.717, 1.165) is 18.0 Å². The Morgan fingerprint density at radius 3 is 1.57 bits per heavy atom. The second kappa shape index (κ2) is 24.1. The number of carbonyl (C=O) groups is 4. The van der Waals surface area contributed by atoms with Crippen LogP contribution in [0.5, 0.6) is 0 Å². The fourth-order valence-electron chi connectivity index (χ4n) is 2.53. The number of hydrogen-bond donors (Lipinski definition) is 2. The predicted molar refractivity (Wildman–Crippen MR) is 136 cm³/mol. The number of H-pyrrole nitrogens is 1. The monoisotopic (exact) mass is 710 g/mol. The van der Waals surface area contributed by atoms with Crippen molar-refractivity contribution in [2.45, 2.75) is 53.1 Å². The third-order valence-electron chi connectivity index (χ3n) is 4.44. The van der Waals surface area contributed by atoms with Crippen molar-refractivity contribution < 1.29 is 119 Å². The number of nitrogens with one attached hydrogen (secondary N) is 1. The zero-order chi connectivity index (χ0) is 34.4. The molecule has 0 amide bonds. The van der Waals surface area contributed by atoms with E-state index in [-0.39, 0.29) is 83.4 Å². The van der Waals surface area contributed by atoms with Gasteiger partial charge in [-0.2, -0.15) is 41.6 Å². The standard InChI is InChI=1S/C8H10F2N2O2.C7H10N2O2.C6H6F2N2O2.C2HClF2O2.Li.Na.H2O/c1-3-14-7(13)6-5(2)4-12(11-6)8(9)10;1-3-11-7(10)6-5(2)4-8-9-6;1-3-2-10(6(7)8)9-4(3)5(11)12;3-2(4,5)1(6)7;;;/h4,8H,3H2,1-2H3;4H,3H2,1-2H3,(H,8,9);2,6H,1H3,(H,11,12);(H,6,7);;;1H2/q;;;;2*+1;/p-2. The SMILES string of the molecule is CCOC(=O)c1[nH]ncc1C.CCOC(=O)c1nn(C(F)F)cc1C.Cc1cn(C(F)F)nc1C(=O)O.O=C([O-])C(F)(F)Cl.[Li+].[Na+].[OH-]. The Labute approximate surface area is 301 Å². The van der Waals surface area contributed by atoms with Crippen molar-refractivity contribution in [1.29, 1.82) is 0 Å². The minimum Gasteiger partial charge on any atom is -0.870 e. The third kappa shape index (κ3) is 18.2. The van der Waals surface area contributed by atoms with Gasteiger partial charge in [0.15, 0.2) is 11.4 Å². The van der Waals surface area contributed by atoms with Crippen molar-refractivity contribution in [2.24, 2.45) is 0 Å². The zero-order valence-electron chi connectivity index (χ0n) is 25.9. The number of aromatic amines is 1. The van der Waals surface area contributed by atoms with E-state index < -0.39 is 36.4 Å². The molecule has 254 valence electrons. The van der Waals surface area contributed by atoms with Gasteiger partial charge in [-0.05, 0) is 46.2 Å². The van der Waals surface area contributed by atoms with E-state index in [1.54, 1.807) is 27.0 Å². The van der Waals surface area contributed by atoms with Gasteiger partial charge in [0.1, 0.15) is 11.7 Å². The number of aromatic nitrogens is 6. The molecule has 3 N–H and O–H groups in total. The molecule has 0 spiro atoms. The van der Waals surface area contributed by atoms with Gasteiger partial charge in [-0.1, -0.05) is 0 Å². The van der Waals surface area contributed by atoms with Crippen LogP contribution >= 0.6 is 11.6 Å². The van der Waals surface area contributed by atoms with Crippen molar-refractivity contribution in [3.63, 3.8) is 0 Å². The third-order valence-corrected chi connectivity index (χ3v) is 4.60. The van der Waals surface area contributed by atoms with Crippen LogP contribution in [0.3, 0.4) is 0 Å². The molecule has 3 aromatic heterocycles. The summed E-state index contributed by atoms with van der Waals surface area (Å²) in [5.41, 5.74) is 1.45. The minimum atomic E-state index is -4.22. The summed E-state index contributed by atoms with van der Waals surface area (Å²) in [5.74, 6) is -4.90. The first-order valence-electron chi connectivity index (χ1n) is 11.8. The Morgan fingerprint density at radius 2 is 1.30 bits per heavy atom. The number of carbonyl (C=O) groups excluding carboxylic acids is 3. The Kier molecular flexibility index (Phi) is 26.1. The number of halogens is 7. The number of ether oxygens (including phenoxy) is 2. The van der Waals surface area contributed by atoms with E-state index in [2.05, 4.69) is 36.7 Å². The molecule has 0 radical (unpaired) electrons. The number of carboxylic acids is 2. The number of esters is 2. The molecule has 3 heterocycles. The molecule has 24 heteroatoms. The van der Waals surface area contributed by atoms with Gasteiger partial charge in [-0.25, -0.2) is 23.7 Å². The van der Waals surface area contributed by atoms with Crippen LogP contribution in [0.1, 0.15) is 75.1 Å². The Bertz CT molecular complexity index is 1410. The fourth-order valence-corrected chi connectivity index (χ4v) is 2.53. The summed E-state index contributed by atoms with van der Waals surface area (Å²) in [6.45, 7) is 3.19. The molecule has 0 fully saturated rings. The van der Waals surface area contributed by atoms with Crippen molar-refractivity contribution in [3.05, 3.63) is 52.4 Å². The zero-order valence-corrected chi connectivity index (χ0v) is 28.7. The van der Waals surface area contributed by atoms with E-state index >= 15 is 0 Å². The Balaban J connectivity index is -0.000000263. The van der Waals surface area contributed by atoms with E-state index in [4.69, 9.17) is 19.7 Å². The number of nitrogens with zero attached hydrogens (tertiary/aromatic N) is 5. The molecule has 0 saturated carbocycles. The average Bonchev–Trinajstić information content (AvgIpc) is 3.63. The van der Waals surface area contributed by atoms with Gasteiger partial charge in [0.2, 0.25) is 0 Å². The van der Waals surface area contributed by atoms with Crippen LogP contribution in [0.15, 0.2) is 18.6 Å². The molecule has 0 bridgehead atoms. The predicted octanol–water partition coefficient (Wildman–Crippen LogP) is -2.66. The molecule has 3 rings (SSSR count). The van der Waals surface area contributed by atoms with Gasteiger partial charge >= 0.3 is 84.8 Å². The molecule has 0 saturated heterocycles. The van der Waals surface area contributed by atoms with Crippen molar-refractivity contribution in [2.75, 3.05) is 13.2 Å². The van der Waals surface area contributed by atoms with Crippen molar-refractivity contribution in [1.82, 2.24) is 29.8 Å². The first-order valence-corrected chi connectivity index (χ1v) is 12.2. The Morgan fingerprint density at radius 1 is 0.915 bits per heavy atom. The first-order chi connectivity index (χ1) is 20.3. The van der Waals surface area contributed by atoms with Gasteiger partial charge in [-0.15, -0.1) is 0 Å². The molecule has 3 aromatic rings. The largest absolute Gasteiger partial charge is 1.00 e. The van der Waals surface area contributed by atoms with Gasteiger partial charge in [0.25, 0.3) is 0 Å². The van der Waals surface area contributed by atoms with Crippen LogP contribution in [-0.4, -0.2) is 82.8 Å². The second-order valence-corrected chi connectivity index (χ2v) is 8.27. The maximum Gasteiger partial charge on any atom is 1.00 e.